The lowest BCUT2D eigenvalue weighted by atomic mass is 10.0. The van der Waals surface area contributed by atoms with E-state index in [1.165, 1.54) is 0 Å². The molecule has 1 aliphatic rings. The minimum Gasteiger partial charge on any atom is -0.254 e. The fourth-order valence-corrected chi connectivity index (χ4v) is 1.64. The van der Waals surface area contributed by atoms with Gasteiger partial charge in [0, 0.05) is 17.7 Å². The molecule has 1 aromatic carbocycles. The highest BCUT2D eigenvalue weighted by molar-refractivity contribution is 5.95. The summed E-state index contributed by atoms with van der Waals surface area (Å²) in [6.45, 7) is 3.60. The summed E-state index contributed by atoms with van der Waals surface area (Å²) in [6.07, 6.45) is 0.0347. The molecule has 86 valence electrons. The van der Waals surface area contributed by atoms with E-state index in [2.05, 4.69) is 4.99 Å². The van der Waals surface area contributed by atoms with Gasteiger partial charge in [0.2, 0.25) is 0 Å². The third-order valence-corrected chi connectivity index (χ3v) is 2.62. The second-order valence-corrected chi connectivity index (χ2v) is 4.02. The van der Waals surface area contributed by atoms with Gasteiger partial charge in [-0.25, -0.2) is 17.6 Å². The first-order valence-electron chi connectivity index (χ1n) is 4.85. The highest BCUT2D eigenvalue weighted by Gasteiger charge is 2.30. The average Bonchev–Trinajstić information content (AvgIpc) is 2.68. The van der Waals surface area contributed by atoms with Crippen LogP contribution in [0.5, 0.6) is 0 Å². The number of halogens is 4. The minimum atomic E-state index is -1.80. The molecule has 0 aliphatic carbocycles. The fraction of sp³-hybridized carbons (Fsp3) is 0.364. The quantitative estimate of drug-likeness (QED) is 0.398. The summed E-state index contributed by atoms with van der Waals surface area (Å²) in [7, 11) is 0. The zero-order chi connectivity index (χ0) is 12.0. The first-order valence-corrected chi connectivity index (χ1v) is 4.85. The van der Waals surface area contributed by atoms with E-state index in [-0.39, 0.29) is 17.9 Å². The molecular weight excluding hydrogens is 222 g/mol. The van der Waals surface area contributed by atoms with Crippen LogP contribution in [0.4, 0.5) is 23.2 Å². The second-order valence-electron chi connectivity index (χ2n) is 4.02. The molecule has 0 amide bonds. The van der Waals surface area contributed by atoms with E-state index in [0.29, 0.717) is 5.71 Å². The van der Waals surface area contributed by atoms with Crippen LogP contribution in [-0.2, 0) is 6.42 Å². The number of aliphatic imine (C=N–C) groups is 1. The summed E-state index contributed by atoms with van der Waals surface area (Å²) in [5.41, 5.74) is -0.0713. The summed E-state index contributed by atoms with van der Waals surface area (Å²) in [6, 6.07) is 0. The molecule has 0 N–H and O–H groups in total. The van der Waals surface area contributed by atoms with Crippen molar-refractivity contribution >= 4 is 11.4 Å². The van der Waals surface area contributed by atoms with Crippen LogP contribution in [0.2, 0.25) is 0 Å². The van der Waals surface area contributed by atoms with E-state index >= 15 is 0 Å². The van der Waals surface area contributed by atoms with Crippen LogP contribution in [-0.4, -0.2) is 5.71 Å². The molecule has 0 spiro atoms. The van der Waals surface area contributed by atoms with Gasteiger partial charge >= 0.3 is 0 Å². The van der Waals surface area contributed by atoms with Crippen LogP contribution in [0, 0.1) is 29.2 Å². The Morgan fingerprint density at radius 3 is 2.06 bits per heavy atom. The summed E-state index contributed by atoms with van der Waals surface area (Å²) in [5.74, 6) is -6.34. The van der Waals surface area contributed by atoms with E-state index in [1.54, 1.807) is 13.8 Å². The Bertz CT molecular complexity index is 491. The Kier molecular flexibility index (Phi) is 2.48. The van der Waals surface area contributed by atoms with E-state index < -0.39 is 29.0 Å². The van der Waals surface area contributed by atoms with Gasteiger partial charge in [0.15, 0.2) is 23.3 Å². The molecule has 2 rings (SSSR count). The van der Waals surface area contributed by atoms with Crippen molar-refractivity contribution in [2.24, 2.45) is 10.9 Å². The van der Waals surface area contributed by atoms with Crippen LogP contribution < -0.4 is 0 Å². The van der Waals surface area contributed by atoms with Crippen molar-refractivity contribution in [1.82, 2.24) is 0 Å². The zero-order valence-corrected chi connectivity index (χ0v) is 8.74. The molecule has 0 atom stereocenters. The van der Waals surface area contributed by atoms with Gasteiger partial charge in [0.1, 0.15) is 5.69 Å². The van der Waals surface area contributed by atoms with Crippen LogP contribution in [0.3, 0.4) is 0 Å². The lowest BCUT2D eigenvalue weighted by Crippen LogP contribution is -2.08. The number of benzene rings is 1. The maximum absolute atomic E-state index is 13.3. The molecule has 1 aromatic rings. The van der Waals surface area contributed by atoms with Gasteiger partial charge in [-0.15, -0.1) is 0 Å². The molecule has 0 bridgehead atoms. The Balaban J connectivity index is 2.63. The van der Waals surface area contributed by atoms with Crippen LogP contribution >= 0.6 is 0 Å². The number of hydrogen-bond acceptors (Lipinski definition) is 1. The summed E-state index contributed by atoms with van der Waals surface area (Å²) < 4.78 is 52.5. The zero-order valence-electron chi connectivity index (χ0n) is 8.74. The fourth-order valence-electron chi connectivity index (χ4n) is 1.64. The smallest absolute Gasteiger partial charge is 0.199 e. The molecular formula is C11H9F4N. The van der Waals surface area contributed by atoms with Gasteiger partial charge in [0.25, 0.3) is 0 Å². The first kappa shape index (κ1) is 11.1. The highest BCUT2D eigenvalue weighted by atomic mass is 19.2. The molecule has 0 unspecified atom stereocenters. The topological polar surface area (TPSA) is 12.4 Å². The molecule has 0 saturated carbocycles. The second kappa shape index (κ2) is 3.57. The summed E-state index contributed by atoms with van der Waals surface area (Å²) in [4.78, 5) is 3.81. The maximum atomic E-state index is 13.3. The Labute approximate surface area is 89.8 Å². The molecule has 5 heteroatoms. The van der Waals surface area contributed by atoms with Gasteiger partial charge in [-0.2, -0.15) is 0 Å². The SMILES string of the molecule is CC(C)C1=Nc2c(F)c(F)c(F)c(F)c2C1. The van der Waals surface area contributed by atoms with E-state index in [4.69, 9.17) is 0 Å². The highest BCUT2D eigenvalue weighted by Crippen LogP contribution is 2.36. The Morgan fingerprint density at radius 1 is 0.938 bits per heavy atom. The van der Waals surface area contributed by atoms with Crippen molar-refractivity contribution in [2.45, 2.75) is 20.3 Å². The number of hydrogen-bond donors (Lipinski definition) is 0. The molecule has 1 aliphatic heterocycles. The van der Waals surface area contributed by atoms with Gasteiger partial charge in [-0.1, -0.05) is 13.8 Å². The van der Waals surface area contributed by atoms with Crippen molar-refractivity contribution in [3.05, 3.63) is 28.8 Å². The number of rotatable bonds is 1. The van der Waals surface area contributed by atoms with Crippen molar-refractivity contribution in [1.29, 1.82) is 0 Å². The average molecular weight is 231 g/mol. The third kappa shape index (κ3) is 1.42. The third-order valence-electron chi connectivity index (χ3n) is 2.62. The van der Waals surface area contributed by atoms with E-state index in [9.17, 15) is 17.6 Å². The number of nitrogens with zero attached hydrogens (tertiary/aromatic N) is 1. The van der Waals surface area contributed by atoms with E-state index in [0.717, 1.165) is 0 Å². The predicted octanol–water partition coefficient (Wildman–Crippen LogP) is 3.53. The van der Waals surface area contributed by atoms with E-state index in [1.807, 2.05) is 0 Å². The summed E-state index contributed by atoms with van der Waals surface area (Å²) >= 11 is 0. The molecule has 1 nitrogen and oxygen atoms in total. The molecule has 0 saturated heterocycles. The van der Waals surface area contributed by atoms with Crippen molar-refractivity contribution in [2.75, 3.05) is 0 Å². The number of fused-ring (bicyclic) bond motifs is 1. The Hall–Kier alpha value is -1.39. The predicted molar refractivity (Wildman–Crippen MR) is 51.9 cm³/mol. The largest absolute Gasteiger partial charge is 0.254 e. The van der Waals surface area contributed by atoms with Crippen LogP contribution in [0.1, 0.15) is 19.4 Å². The van der Waals surface area contributed by atoms with Crippen LogP contribution in [0.15, 0.2) is 4.99 Å². The van der Waals surface area contributed by atoms with Gasteiger partial charge in [0.05, 0.1) is 0 Å². The van der Waals surface area contributed by atoms with Crippen LogP contribution in [0.25, 0.3) is 0 Å². The first-order chi connectivity index (χ1) is 7.43. The monoisotopic (exact) mass is 231 g/mol. The van der Waals surface area contributed by atoms with Crippen molar-refractivity contribution in [3.63, 3.8) is 0 Å². The van der Waals surface area contributed by atoms with Gasteiger partial charge in [-0.05, 0) is 5.92 Å². The molecule has 0 aromatic heterocycles. The summed E-state index contributed by atoms with van der Waals surface area (Å²) in [5, 5.41) is 0. The van der Waals surface area contributed by atoms with Crippen molar-refractivity contribution in [3.8, 4) is 0 Å². The van der Waals surface area contributed by atoms with Crippen molar-refractivity contribution < 1.29 is 17.6 Å². The molecule has 0 radical (unpaired) electrons. The minimum absolute atomic E-state index is 0.0164. The van der Waals surface area contributed by atoms with Gasteiger partial charge in [-0.3, -0.25) is 4.99 Å². The molecule has 1 heterocycles. The normalized spacial score (nSPS) is 14.3. The Morgan fingerprint density at radius 2 is 1.50 bits per heavy atom. The molecule has 0 fully saturated rings. The van der Waals surface area contributed by atoms with Gasteiger partial charge < -0.3 is 0 Å². The lowest BCUT2D eigenvalue weighted by molar-refractivity contribution is 0.407. The molecule has 16 heavy (non-hydrogen) atoms. The standard InChI is InChI=1S/C11H9F4N/c1-4(2)6-3-5-7(12)8(13)9(14)10(15)11(5)16-6/h4H,3H2,1-2H3. The maximum Gasteiger partial charge on any atom is 0.199 e. The lowest BCUT2D eigenvalue weighted by Gasteiger charge is -2.04.